The standard InChI is InChI=1S/C27H31N5O/c1-17-13-26(14-18(2)19(17)3)15-22-5-4-21(16-28)12-23(22)27(26)24(33)32(25(29)31-27)11-8-20-6-9-30-10-7-20/h4-7,9-10,12,17-19H,8,11,13-15H2,1-3H3,(H2,29,31)/t17-,18+,19?,26?,27-/m1/s1. The first-order valence-corrected chi connectivity index (χ1v) is 11.9. The number of carbonyl (C=O) groups excluding carboxylic acids is 1. The number of guanidine groups is 1. The van der Waals surface area contributed by atoms with Gasteiger partial charge in [0, 0.05) is 24.4 Å². The molecular formula is C27H31N5O. The van der Waals surface area contributed by atoms with E-state index in [1.807, 2.05) is 30.3 Å². The van der Waals surface area contributed by atoms with Crippen molar-refractivity contribution in [1.29, 1.82) is 5.26 Å². The van der Waals surface area contributed by atoms with Crippen molar-refractivity contribution in [2.75, 3.05) is 6.54 Å². The summed E-state index contributed by atoms with van der Waals surface area (Å²) in [5.41, 5.74) is 8.80. The molecule has 2 N–H and O–H groups in total. The van der Waals surface area contributed by atoms with Gasteiger partial charge in [-0.1, -0.05) is 26.8 Å². The van der Waals surface area contributed by atoms with Crippen molar-refractivity contribution in [3.8, 4) is 6.07 Å². The number of benzene rings is 1. The zero-order valence-electron chi connectivity index (χ0n) is 19.6. The van der Waals surface area contributed by atoms with E-state index in [1.54, 1.807) is 17.3 Å². The van der Waals surface area contributed by atoms with Gasteiger partial charge in [0.2, 0.25) is 0 Å². The Hall–Kier alpha value is -3.20. The summed E-state index contributed by atoms with van der Waals surface area (Å²) in [5.74, 6) is 1.81. The van der Waals surface area contributed by atoms with Gasteiger partial charge in [-0.05, 0) is 84.4 Å². The van der Waals surface area contributed by atoms with Gasteiger partial charge in [-0.15, -0.1) is 0 Å². The topological polar surface area (TPSA) is 95.4 Å². The van der Waals surface area contributed by atoms with Crippen LogP contribution < -0.4 is 5.73 Å². The predicted octanol–water partition coefficient (Wildman–Crippen LogP) is 3.79. The molecule has 2 unspecified atom stereocenters. The summed E-state index contributed by atoms with van der Waals surface area (Å²) < 4.78 is 0. The summed E-state index contributed by atoms with van der Waals surface area (Å²) in [7, 11) is 0. The third kappa shape index (κ3) is 3.09. The fourth-order valence-electron chi connectivity index (χ4n) is 6.71. The molecule has 1 aliphatic heterocycles. The normalized spacial score (nSPS) is 32.8. The SMILES string of the molecule is CC1[C@H](C)CC2(Cc3ccc(C#N)cc3[C@]23N=C(N)N(CCc2ccncc2)C3=O)C[C@@H]1C. The van der Waals surface area contributed by atoms with Gasteiger partial charge in [0.25, 0.3) is 5.91 Å². The van der Waals surface area contributed by atoms with Crippen molar-refractivity contribution in [2.45, 2.75) is 52.0 Å². The molecule has 170 valence electrons. The van der Waals surface area contributed by atoms with Gasteiger partial charge in [-0.3, -0.25) is 14.7 Å². The maximum atomic E-state index is 14.3. The number of amides is 1. The number of hydrogen-bond donors (Lipinski definition) is 1. The average Bonchev–Trinajstić information content (AvgIpc) is 3.22. The Balaban J connectivity index is 1.60. The van der Waals surface area contributed by atoms with Gasteiger partial charge in [0.1, 0.15) is 0 Å². The van der Waals surface area contributed by atoms with Gasteiger partial charge in [-0.25, -0.2) is 4.99 Å². The number of nitriles is 1. The predicted molar refractivity (Wildman–Crippen MR) is 127 cm³/mol. The summed E-state index contributed by atoms with van der Waals surface area (Å²) >= 11 is 0. The van der Waals surface area contributed by atoms with Crippen LogP contribution in [0.3, 0.4) is 0 Å². The molecule has 0 bridgehead atoms. The Kier molecular flexibility index (Phi) is 5.04. The molecule has 3 aliphatic rings. The van der Waals surface area contributed by atoms with Gasteiger partial charge in [0.05, 0.1) is 11.6 Å². The fourth-order valence-corrected chi connectivity index (χ4v) is 6.71. The smallest absolute Gasteiger partial charge is 0.262 e. The first-order chi connectivity index (χ1) is 15.8. The van der Waals surface area contributed by atoms with Crippen molar-refractivity contribution in [3.05, 3.63) is 65.0 Å². The van der Waals surface area contributed by atoms with Crippen LogP contribution in [-0.4, -0.2) is 28.3 Å². The minimum atomic E-state index is -1.04. The number of carbonyl (C=O) groups is 1. The van der Waals surface area contributed by atoms with Gasteiger partial charge in [0.15, 0.2) is 11.5 Å². The number of aromatic nitrogens is 1. The lowest BCUT2D eigenvalue weighted by Crippen LogP contribution is -2.54. The number of rotatable bonds is 3. The minimum Gasteiger partial charge on any atom is -0.369 e. The van der Waals surface area contributed by atoms with Crippen LogP contribution >= 0.6 is 0 Å². The molecular weight excluding hydrogens is 410 g/mol. The Morgan fingerprint density at radius 3 is 2.52 bits per heavy atom. The summed E-state index contributed by atoms with van der Waals surface area (Å²) in [5, 5.41) is 9.59. The fraction of sp³-hybridized carbons (Fsp3) is 0.481. The molecule has 1 fully saturated rings. The first-order valence-electron chi connectivity index (χ1n) is 11.9. The van der Waals surface area contributed by atoms with Crippen molar-refractivity contribution in [2.24, 2.45) is 33.9 Å². The highest BCUT2D eigenvalue weighted by Gasteiger charge is 2.67. The molecule has 2 aliphatic carbocycles. The molecule has 6 nitrogen and oxygen atoms in total. The van der Waals surface area contributed by atoms with Gasteiger partial charge < -0.3 is 5.73 Å². The average molecular weight is 442 g/mol. The molecule has 1 saturated carbocycles. The summed E-state index contributed by atoms with van der Waals surface area (Å²) in [6.07, 6.45) is 6.86. The Morgan fingerprint density at radius 1 is 1.15 bits per heavy atom. The molecule has 5 atom stereocenters. The number of nitrogens with two attached hydrogens (primary N) is 1. The number of pyridine rings is 1. The lowest BCUT2D eigenvalue weighted by molar-refractivity contribution is -0.139. The van der Waals surface area contributed by atoms with E-state index in [4.69, 9.17) is 10.7 Å². The van der Waals surface area contributed by atoms with Crippen LogP contribution in [-0.2, 0) is 23.2 Å². The number of hydrogen-bond acceptors (Lipinski definition) is 5. The van der Waals surface area contributed by atoms with Crippen molar-refractivity contribution >= 4 is 11.9 Å². The highest BCUT2D eigenvalue weighted by Crippen LogP contribution is 2.64. The zero-order valence-corrected chi connectivity index (χ0v) is 19.6. The molecule has 6 heteroatoms. The van der Waals surface area contributed by atoms with E-state index in [1.165, 1.54) is 0 Å². The summed E-state index contributed by atoms with van der Waals surface area (Å²) in [6.45, 7) is 7.39. The Labute approximate surface area is 195 Å². The van der Waals surface area contributed by atoms with Crippen molar-refractivity contribution in [3.63, 3.8) is 0 Å². The lowest BCUT2D eigenvalue weighted by Gasteiger charge is -2.50. The maximum Gasteiger partial charge on any atom is 0.262 e. The van der Waals surface area contributed by atoms with Crippen molar-refractivity contribution < 1.29 is 4.79 Å². The monoisotopic (exact) mass is 441 g/mol. The Morgan fingerprint density at radius 2 is 1.85 bits per heavy atom. The van der Waals surface area contributed by atoms with E-state index in [0.29, 0.717) is 42.2 Å². The first kappa shape index (κ1) is 21.6. The van der Waals surface area contributed by atoms with Crippen LogP contribution in [0.2, 0.25) is 0 Å². The van der Waals surface area contributed by atoms with E-state index in [0.717, 1.165) is 36.0 Å². The lowest BCUT2D eigenvalue weighted by atomic mass is 9.55. The van der Waals surface area contributed by atoms with Crippen LogP contribution in [0.1, 0.15) is 55.9 Å². The molecule has 1 amide bonds. The zero-order chi connectivity index (χ0) is 23.4. The van der Waals surface area contributed by atoms with Crippen molar-refractivity contribution in [1.82, 2.24) is 9.88 Å². The van der Waals surface area contributed by atoms with E-state index >= 15 is 0 Å². The van der Waals surface area contributed by atoms with E-state index in [9.17, 15) is 10.1 Å². The third-order valence-corrected chi connectivity index (χ3v) is 8.63. The maximum absolute atomic E-state index is 14.3. The molecule has 0 radical (unpaired) electrons. The van der Waals surface area contributed by atoms with E-state index in [2.05, 4.69) is 31.8 Å². The van der Waals surface area contributed by atoms with Gasteiger partial charge >= 0.3 is 0 Å². The number of nitrogens with zero attached hydrogens (tertiary/aromatic N) is 4. The molecule has 1 aromatic heterocycles. The summed E-state index contributed by atoms with van der Waals surface area (Å²) in [4.78, 5) is 25.1. The van der Waals surface area contributed by atoms with Crippen LogP contribution in [0.15, 0.2) is 47.7 Å². The number of fused-ring (bicyclic) bond motifs is 3. The second-order valence-corrected chi connectivity index (χ2v) is 10.4. The molecule has 0 saturated heterocycles. The highest BCUT2D eigenvalue weighted by atomic mass is 16.2. The highest BCUT2D eigenvalue weighted by molar-refractivity contribution is 6.08. The summed E-state index contributed by atoms with van der Waals surface area (Å²) in [6, 6.07) is 11.9. The van der Waals surface area contributed by atoms with E-state index in [-0.39, 0.29) is 11.3 Å². The van der Waals surface area contributed by atoms with Crippen LogP contribution in [0.25, 0.3) is 0 Å². The second-order valence-electron chi connectivity index (χ2n) is 10.4. The quantitative estimate of drug-likeness (QED) is 0.784. The molecule has 5 rings (SSSR count). The molecule has 33 heavy (non-hydrogen) atoms. The van der Waals surface area contributed by atoms with Crippen LogP contribution in [0, 0.1) is 34.5 Å². The molecule has 2 aromatic rings. The largest absolute Gasteiger partial charge is 0.369 e. The molecule has 2 spiro atoms. The minimum absolute atomic E-state index is 0.0307. The molecule has 1 aromatic carbocycles. The second kappa shape index (κ2) is 7.69. The number of aliphatic imine (C=N–C) groups is 1. The van der Waals surface area contributed by atoms with E-state index < -0.39 is 5.54 Å². The van der Waals surface area contributed by atoms with Gasteiger partial charge in [-0.2, -0.15) is 5.26 Å². The molecule has 2 heterocycles. The van der Waals surface area contributed by atoms with Crippen LogP contribution in [0.4, 0.5) is 0 Å². The Bertz CT molecular complexity index is 1150. The third-order valence-electron chi connectivity index (χ3n) is 8.63. The van der Waals surface area contributed by atoms with Crippen LogP contribution in [0.5, 0.6) is 0 Å².